The standard InChI is InChI=1S/C14H20N6O/c1-4-15-12-16-13(18-14(17-12)21-9(2)3)20-8-7-11(19-20)10-5-6-10/h7-10H,4-6H2,1-3H3,(H,15,16,17,18). The van der Waals surface area contributed by atoms with Gasteiger partial charge in [-0.05, 0) is 39.7 Å². The van der Waals surface area contributed by atoms with Crippen LogP contribution in [0.5, 0.6) is 6.01 Å². The molecule has 1 N–H and O–H groups in total. The molecule has 21 heavy (non-hydrogen) atoms. The molecule has 0 amide bonds. The molecule has 0 bridgehead atoms. The first kappa shape index (κ1) is 13.8. The summed E-state index contributed by atoms with van der Waals surface area (Å²) in [7, 11) is 0. The molecule has 1 aliphatic rings. The predicted octanol–water partition coefficient (Wildman–Crippen LogP) is 2.15. The van der Waals surface area contributed by atoms with Crippen LogP contribution in [0.15, 0.2) is 12.3 Å². The van der Waals surface area contributed by atoms with Gasteiger partial charge in [-0.25, -0.2) is 4.68 Å². The third-order valence-electron chi connectivity index (χ3n) is 3.09. The van der Waals surface area contributed by atoms with Crippen LogP contribution in [-0.4, -0.2) is 37.4 Å². The highest BCUT2D eigenvalue weighted by Gasteiger charge is 2.26. The van der Waals surface area contributed by atoms with Crippen LogP contribution in [0.1, 0.15) is 45.2 Å². The molecular formula is C14H20N6O. The number of hydrogen-bond acceptors (Lipinski definition) is 6. The summed E-state index contributed by atoms with van der Waals surface area (Å²) in [5.41, 5.74) is 1.10. The van der Waals surface area contributed by atoms with Crippen molar-refractivity contribution in [1.82, 2.24) is 24.7 Å². The summed E-state index contributed by atoms with van der Waals surface area (Å²) in [4.78, 5) is 13.0. The summed E-state index contributed by atoms with van der Waals surface area (Å²) in [6.45, 7) is 6.60. The smallest absolute Gasteiger partial charge is 0.323 e. The van der Waals surface area contributed by atoms with Crippen molar-refractivity contribution >= 4 is 5.95 Å². The van der Waals surface area contributed by atoms with E-state index in [0.29, 0.717) is 23.8 Å². The Bertz CT molecular complexity index is 620. The number of rotatable bonds is 6. The van der Waals surface area contributed by atoms with Crippen molar-refractivity contribution in [2.75, 3.05) is 11.9 Å². The maximum atomic E-state index is 5.59. The molecule has 0 atom stereocenters. The minimum atomic E-state index is 0.00868. The first-order chi connectivity index (χ1) is 10.2. The molecular weight excluding hydrogens is 268 g/mol. The highest BCUT2D eigenvalue weighted by molar-refractivity contribution is 5.30. The molecule has 0 spiro atoms. The van der Waals surface area contributed by atoms with Gasteiger partial charge in [0.2, 0.25) is 5.95 Å². The van der Waals surface area contributed by atoms with Crippen LogP contribution in [0.2, 0.25) is 0 Å². The van der Waals surface area contributed by atoms with Gasteiger partial charge < -0.3 is 10.1 Å². The van der Waals surface area contributed by atoms with Gasteiger partial charge in [-0.15, -0.1) is 0 Å². The molecule has 0 unspecified atom stereocenters. The molecule has 112 valence electrons. The van der Waals surface area contributed by atoms with Crippen molar-refractivity contribution in [3.05, 3.63) is 18.0 Å². The van der Waals surface area contributed by atoms with Crippen LogP contribution >= 0.6 is 0 Å². The molecule has 0 saturated heterocycles. The van der Waals surface area contributed by atoms with E-state index in [1.807, 2.05) is 33.0 Å². The summed E-state index contributed by atoms with van der Waals surface area (Å²) in [6.07, 6.45) is 4.34. The fraction of sp³-hybridized carbons (Fsp3) is 0.571. The molecule has 0 aromatic carbocycles. The van der Waals surface area contributed by atoms with Crippen molar-refractivity contribution in [3.63, 3.8) is 0 Å². The Hall–Kier alpha value is -2.18. The van der Waals surface area contributed by atoms with Gasteiger partial charge in [0, 0.05) is 18.7 Å². The van der Waals surface area contributed by atoms with Crippen LogP contribution in [0.4, 0.5) is 5.95 Å². The Morgan fingerprint density at radius 3 is 2.81 bits per heavy atom. The van der Waals surface area contributed by atoms with Crippen LogP contribution in [-0.2, 0) is 0 Å². The molecule has 2 heterocycles. The van der Waals surface area contributed by atoms with Crippen LogP contribution in [0.25, 0.3) is 5.95 Å². The topological polar surface area (TPSA) is 77.8 Å². The Kier molecular flexibility index (Phi) is 3.72. The molecule has 7 heteroatoms. The van der Waals surface area contributed by atoms with E-state index in [2.05, 4.69) is 25.4 Å². The summed E-state index contributed by atoms with van der Waals surface area (Å²) < 4.78 is 7.27. The second-order valence-corrected chi connectivity index (χ2v) is 5.40. The molecule has 1 saturated carbocycles. The van der Waals surface area contributed by atoms with Crippen molar-refractivity contribution in [2.45, 2.75) is 45.6 Å². The van der Waals surface area contributed by atoms with Gasteiger partial charge in [0.05, 0.1) is 11.8 Å². The van der Waals surface area contributed by atoms with Gasteiger partial charge in [0.15, 0.2) is 0 Å². The highest BCUT2D eigenvalue weighted by atomic mass is 16.5. The van der Waals surface area contributed by atoms with E-state index >= 15 is 0 Å². The molecule has 0 aliphatic heterocycles. The van der Waals surface area contributed by atoms with Crippen LogP contribution in [0, 0.1) is 0 Å². The van der Waals surface area contributed by atoms with Crippen molar-refractivity contribution < 1.29 is 4.74 Å². The molecule has 2 aromatic heterocycles. The maximum absolute atomic E-state index is 5.59. The number of aromatic nitrogens is 5. The van der Waals surface area contributed by atoms with Gasteiger partial charge in [-0.1, -0.05) is 0 Å². The third kappa shape index (κ3) is 3.29. The second-order valence-electron chi connectivity index (χ2n) is 5.40. The van der Waals surface area contributed by atoms with Gasteiger partial charge in [-0.3, -0.25) is 0 Å². The zero-order valence-corrected chi connectivity index (χ0v) is 12.6. The fourth-order valence-corrected chi connectivity index (χ4v) is 2.00. The Morgan fingerprint density at radius 2 is 2.14 bits per heavy atom. The lowest BCUT2D eigenvalue weighted by molar-refractivity contribution is 0.221. The number of nitrogens with zero attached hydrogens (tertiary/aromatic N) is 5. The minimum Gasteiger partial charge on any atom is -0.461 e. The van der Waals surface area contributed by atoms with E-state index < -0.39 is 0 Å². The van der Waals surface area contributed by atoms with E-state index in [4.69, 9.17) is 4.74 Å². The van der Waals surface area contributed by atoms with E-state index in [-0.39, 0.29) is 6.10 Å². The van der Waals surface area contributed by atoms with E-state index in [1.54, 1.807) is 4.68 Å². The van der Waals surface area contributed by atoms with Crippen molar-refractivity contribution in [3.8, 4) is 12.0 Å². The second kappa shape index (κ2) is 5.67. The quantitative estimate of drug-likeness (QED) is 0.877. The Balaban J connectivity index is 1.92. The van der Waals surface area contributed by atoms with Crippen LogP contribution in [0.3, 0.4) is 0 Å². The molecule has 2 aromatic rings. The monoisotopic (exact) mass is 288 g/mol. The van der Waals surface area contributed by atoms with Crippen molar-refractivity contribution in [2.24, 2.45) is 0 Å². The number of nitrogens with one attached hydrogen (secondary N) is 1. The number of ether oxygens (including phenoxy) is 1. The zero-order chi connectivity index (χ0) is 14.8. The van der Waals surface area contributed by atoms with E-state index in [1.165, 1.54) is 12.8 Å². The summed E-state index contributed by atoms with van der Waals surface area (Å²) in [5, 5.41) is 7.63. The van der Waals surface area contributed by atoms with E-state index in [9.17, 15) is 0 Å². The molecule has 7 nitrogen and oxygen atoms in total. The Labute approximate surface area is 123 Å². The molecule has 3 rings (SSSR count). The van der Waals surface area contributed by atoms with Gasteiger partial charge >= 0.3 is 6.01 Å². The number of anilines is 1. The summed E-state index contributed by atoms with van der Waals surface area (Å²) >= 11 is 0. The first-order valence-electron chi connectivity index (χ1n) is 7.38. The lowest BCUT2D eigenvalue weighted by Gasteiger charge is -2.10. The Morgan fingerprint density at radius 1 is 1.33 bits per heavy atom. The largest absolute Gasteiger partial charge is 0.461 e. The fourth-order valence-electron chi connectivity index (χ4n) is 2.00. The lowest BCUT2D eigenvalue weighted by atomic mass is 10.3. The molecule has 1 fully saturated rings. The van der Waals surface area contributed by atoms with Crippen LogP contribution < -0.4 is 10.1 Å². The average Bonchev–Trinajstić information content (AvgIpc) is 3.16. The minimum absolute atomic E-state index is 0.00868. The molecule has 0 radical (unpaired) electrons. The highest BCUT2D eigenvalue weighted by Crippen LogP contribution is 2.38. The zero-order valence-electron chi connectivity index (χ0n) is 12.6. The maximum Gasteiger partial charge on any atom is 0.323 e. The third-order valence-corrected chi connectivity index (χ3v) is 3.09. The van der Waals surface area contributed by atoms with Gasteiger partial charge in [0.1, 0.15) is 0 Å². The SMILES string of the molecule is CCNc1nc(OC(C)C)nc(-n2ccc(C3CC3)n2)n1. The average molecular weight is 288 g/mol. The number of hydrogen-bond donors (Lipinski definition) is 1. The van der Waals surface area contributed by atoms with E-state index in [0.717, 1.165) is 12.2 Å². The predicted molar refractivity (Wildman–Crippen MR) is 78.9 cm³/mol. The van der Waals surface area contributed by atoms with Crippen molar-refractivity contribution in [1.29, 1.82) is 0 Å². The normalized spacial score (nSPS) is 14.5. The van der Waals surface area contributed by atoms with Gasteiger partial charge in [0.25, 0.3) is 5.95 Å². The first-order valence-corrected chi connectivity index (χ1v) is 7.38. The van der Waals surface area contributed by atoms with Gasteiger partial charge in [-0.2, -0.15) is 20.1 Å². The lowest BCUT2D eigenvalue weighted by Crippen LogP contribution is -2.14. The summed E-state index contributed by atoms with van der Waals surface area (Å²) in [5.74, 6) is 1.58. The molecule has 1 aliphatic carbocycles. The summed E-state index contributed by atoms with van der Waals surface area (Å²) in [6, 6.07) is 2.34.